The van der Waals surface area contributed by atoms with Crippen LogP contribution < -0.4 is 15.4 Å². The third kappa shape index (κ3) is 6.59. The average molecular weight is 354 g/mol. The molecule has 0 saturated carbocycles. The lowest BCUT2D eigenvalue weighted by molar-refractivity contribution is -0.136. The topological polar surface area (TPSA) is 67.4 Å². The summed E-state index contributed by atoms with van der Waals surface area (Å²) in [4.78, 5) is 23.9. The van der Waals surface area contributed by atoms with Gasteiger partial charge in [0.1, 0.15) is 5.75 Å². The van der Waals surface area contributed by atoms with Crippen molar-refractivity contribution in [3.63, 3.8) is 0 Å². The predicted octanol–water partition coefficient (Wildman–Crippen LogP) is 3.82. The van der Waals surface area contributed by atoms with Crippen molar-refractivity contribution in [3.05, 3.63) is 59.7 Å². The van der Waals surface area contributed by atoms with Crippen molar-refractivity contribution in [2.24, 2.45) is 0 Å². The van der Waals surface area contributed by atoms with Crippen LogP contribution in [0.25, 0.3) is 0 Å². The van der Waals surface area contributed by atoms with Crippen molar-refractivity contribution < 1.29 is 14.3 Å². The number of benzene rings is 2. The van der Waals surface area contributed by atoms with Crippen molar-refractivity contribution in [3.8, 4) is 5.75 Å². The highest BCUT2D eigenvalue weighted by Crippen LogP contribution is 2.16. The molecule has 0 atom stereocenters. The maximum Gasteiger partial charge on any atom is 0.313 e. The quantitative estimate of drug-likeness (QED) is 0.559. The van der Waals surface area contributed by atoms with Crippen LogP contribution >= 0.6 is 0 Å². The smallest absolute Gasteiger partial charge is 0.313 e. The van der Waals surface area contributed by atoms with Crippen LogP contribution in [0.4, 0.5) is 5.69 Å². The SMILES string of the molecule is CCCCCOc1ccc(NC(=O)C(=O)NCc2cccc(C)c2)cc1. The number of aryl methyl sites for hydroxylation is 1. The van der Waals surface area contributed by atoms with Crippen molar-refractivity contribution in [1.29, 1.82) is 0 Å². The van der Waals surface area contributed by atoms with Crippen molar-refractivity contribution in [1.82, 2.24) is 5.32 Å². The highest BCUT2D eigenvalue weighted by molar-refractivity contribution is 6.39. The number of carbonyl (C=O) groups is 2. The van der Waals surface area contributed by atoms with Gasteiger partial charge in [-0.2, -0.15) is 0 Å². The van der Waals surface area contributed by atoms with Crippen LogP contribution in [0.15, 0.2) is 48.5 Å². The first-order chi connectivity index (χ1) is 12.6. The fourth-order valence-corrected chi connectivity index (χ4v) is 2.45. The Morgan fingerprint density at radius 1 is 1.00 bits per heavy atom. The Hall–Kier alpha value is -2.82. The van der Waals surface area contributed by atoms with Crippen molar-refractivity contribution in [2.45, 2.75) is 39.7 Å². The second kappa shape index (κ2) is 10.2. The van der Waals surface area contributed by atoms with Gasteiger partial charge in [-0.15, -0.1) is 0 Å². The molecule has 0 fully saturated rings. The number of ether oxygens (including phenoxy) is 1. The van der Waals surface area contributed by atoms with Crippen LogP contribution in [0.2, 0.25) is 0 Å². The van der Waals surface area contributed by atoms with E-state index in [1.807, 2.05) is 31.2 Å². The zero-order valence-electron chi connectivity index (χ0n) is 15.4. The summed E-state index contributed by atoms with van der Waals surface area (Å²) in [6.07, 6.45) is 3.32. The van der Waals surface area contributed by atoms with Crippen LogP contribution in [0.3, 0.4) is 0 Å². The minimum atomic E-state index is -0.686. The fourth-order valence-electron chi connectivity index (χ4n) is 2.45. The maximum atomic E-state index is 12.0. The summed E-state index contributed by atoms with van der Waals surface area (Å²) in [7, 11) is 0. The molecule has 0 bridgehead atoms. The summed E-state index contributed by atoms with van der Waals surface area (Å²) in [5, 5.41) is 5.21. The molecule has 138 valence electrons. The van der Waals surface area contributed by atoms with E-state index in [0.717, 1.165) is 36.1 Å². The number of carbonyl (C=O) groups excluding carboxylic acids is 2. The molecule has 0 aliphatic rings. The molecule has 2 aromatic rings. The lowest BCUT2D eigenvalue weighted by atomic mass is 10.1. The summed E-state index contributed by atoms with van der Waals surface area (Å²) >= 11 is 0. The van der Waals surface area contributed by atoms with Crippen molar-refractivity contribution in [2.75, 3.05) is 11.9 Å². The molecular formula is C21H26N2O3. The fraction of sp³-hybridized carbons (Fsp3) is 0.333. The Balaban J connectivity index is 1.78. The molecule has 0 radical (unpaired) electrons. The number of amides is 2. The minimum absolute atomic E-state index is 0.318. The molecule has 2 N–H and O–H groups in total. The molecule has 5 nitrogen and oxygen atoms in total. The summed E-state index contributed by atoms with van der Waals surface area (Å²) < 4.78 is 5.62. The largest absolute Gasteiger partial charge is 0.494 e. The van der Waals surface area contributed by atoms with E-state index in [4.69, 9.17) is 4.74 Å². The Morgan fingerprint density at radius 3 is 2.46 bits per heavy atom. The first kappa shape index (κ1) is 19.5. The molecule has 0 aliphatic carbocycles. The van der Waals surface area contributed by atoms with E-state index in [1.165, 1.54) is 0 Å². The normalized spacial score (nSPS) is 10.2. The summed E-state index contributed by atoms with van der Waals surface area (Å²) in [6.45, 7) is 5.13. The maximum absolute atomic E-state index is 12.0. The molecule has 2 rings (SSSR count). The number of rotatable bonds is 8. The highest BCUT2D eigenvalue weighted by atomic mass is 16.5. The van der Waals surface area contributed by atoms with Gasteiger partial charge in [0.05, 0.1) is 6.61 Å². The number of hydrogen-bond acceptors (Lipinski definition) is 3. The summed E-state index contributed by atoms with van der Waals surface area (Å²) in [5.41, 5.74) is 2.62. The molecule has 2 amide bonds. The van der Waals surface area contributed by atoms with Crippen LogP contribution in [0, 0.1) is 6.92 Å². The van der Waals surface area contributed by atoms with Gasteiger partial charge in [0, 0.05) is 12.2 Å². The van der Waals surface area contributed by atoms with Crippen LogP contribution in [-0.4, -0.2) is 18.4 Å². The van der Waals surface area contributed by atoms with Crippen LogP contribution in [-0.2, 0) is 16.1 Å². The molecule has 0 spiro atoms. The minimum Gasteiger partial charge on any atom is -0.494 e. The molecule has 2 aromatic carbocycles. The molecular weight excluding hydrogens is 328 g/mol. The van der Waals surface area contributed by atoms with E-state index in [9.17, 15) is 9.59 Å². The lowest BCUT2D eigenvalue weighted by Crippen LogP contribution is -2.34. The van der Waals surface area contributed by atoms with Gasteiger partial charge in [0.15, 0.2) is 0 Å². The Bertz CT molecular complexity index is 726. The second-order valence-corrected chi connectivity index (χ2v) is 6.21. The monoisotopic (exact) mass is 354 g/mol. The van der Waals surface area contributed by atoms with Gasteiger partial charge < -0.3 is 15.4 Å². The Morgan fingerprint density at radius 2 is 1.77 bits per heavy atom. The van der Waals surface area contributed by atoms with E-state index < -0.39 is 11.8 Å². The third-order valence-electron chi connectivity index (χ3n) is 3.87. The van der Waals surface area contributed by atoms with E-state index >= 15 is 0 Å². The zero-order valence-corrected chi connectivity index (χ0v) is 15.4. The van der Waals surface area contributed by atoms with Gasteiger partial charge in [0.25, 0.3) is 0 Å². The predicted molar refractivity (Wildman–Crippen MR) is 103 cm³/mol. The first-order valence-electron chi connectivity index (χ1n) is 8.96. The van der Waals surface area contributed by atoms with E-state index in [0.29, 0.717) is 18.8 Å². The van der Waals surface area contributed by atoms with Gasteiger partial charge in [-0.05, 0) is 43.2 Å². The number of anilines is 1. The Kier molecular flexibility index (Phi) is 7.68. The van der Waals surface area contributed by atoms with Gasteiger partial charge in [-0.3, -0.25) is 9.59 Å². The Labute approximate surface area is 154 Å². The molecule has 0 saturated heterocycles. The van der Waals surface area contributed by atoms with Crippen LogP contribution in [0.1, 0.15) is 37.3 Å². The first-order valence-corrected chi connectivity index (χ1v) is 8.96. The van der Waals surface area contributed by atoms with Crippen molar-refractivity contribution >= 4 is 17.5 Å². The number of unbranched alkanes of at least 4 members (excludes halogenated alkanes) is 2. The molecule has 26 heavy (non-hydrogen) atoms. The van der Waals surface area contributed by atoms with Gasteiger partial charge in [-0.25, -0.2) is 0 Å². The third-order valence-corrected chi connectivity index (χ3v) is 3.87. The standard InChI is InChI=1S/C21H26N2O3/c1-3-4-5-13-26-19-11-9-18(10-12-19)23-21(25)20(24)22-15-17-8-6-7-16(2)14-17/h6-12,14H,3-5,13,15H2,1-2H3,(H,22,24)(H,23,25). The van der Waals surface area contributed by atoms with E-state index in [1.54, 1.807) is 24.3 Å². The van der Waals surface area contributed by atoms with Crippen LogP contribution in [0.5, 0.6) is 5.75 Å². The summed E-state index contributed by atoms with van der Waals surface area (Å²) in [5.74, 6) is -0.594. The molecule has 0 aromatic heterocycles. The zero-order chi connectivity index (χ0) is 18.8. The number of nitrogens with one attached hydrogen (secondary N) is 2. The van der Waals surface area contributed by atoms with E-state index in [2.05, 4.69) is 17.6 Å². The lowest BCUT2D eigenvalue weighted by Gasteiger charge is -2.09. The molecule has 0 unspecified atom stereocenters. The molecule has 0 aliphatic heterocycles. The molecule has 0 heterocycles. The van der Waals surface area contributed by atoms with Gasteiger partial charge in [-0.1, -0.05) is 49.6 Å². The van der Waals surface area contributed by atoms with E-state index in [-0.39, 0.29) is 0 Å². The molecule has 5 heteroatoms. The second-order valence-electron chi connectivity index (χ2n) is 6.21. The number of hydrogen-bond donors (Lipinski definition) is 2. The van der Waals surface area contributed by atoms with Gasteiger partial charge >= 0.3 is 11.8 Å². The van der Waals surface area contributed by atoms with Gasteiger partial charge in [0.2, 0.25) is 0 Å². The summed E-state index contributed by atoms with van der Waals surface area (Å²) in [6, 6.07) is 14.8. The average Bonchev–Trinajstić information content (AvgIpc) is 2.64. The highest BCUT2D eigenvalue weighted by Gasteiger charge is 2.13.